The number of anilines is 1. The zero-order valence-corrected chi connectivity index (χ0v) is 16.7. The number of amides is 1. The van der Waals surface area contributed by atoms with Crippen LogP contribution in [-0.4, -0.2) is 41.7 Å². The maximum absolute atomic E-state index is 13.2. The van der Waals surface area contributed by atoms with E-state index < -0.39 is 15.9 Å². The van der Waals surface area contributed by atoms with E-state index in [1.54, 1.807) is 30.6 Å². The van der Waals surface area contributed by atoms with E-state index in [9.17, 15) is 13.2 Å². The SMILES string of the molecule is CCCN(CC(=O)Nc1nc(C)cs1)S(=O)(=O)c1cccc2cnccc12. The highest BCUT2D eigenvalue weighted by Gasteiger charge is 2.27. The van der Waals surface area contributed by atoms with Gasteiger partial charge in [-0.25, -0.2) is 13.4 Å². The van der Waals surface area contributed by atoms with Crippen LogP contribution in [0.25, 0.3) is 10.8 Å². The lowest BCUT2D eigenvalue weighted by Crippen LogP contribution is -2.38. The molecule has 0 bridgehead atoms. The molecule has 2 heterocycles. The third-order valence-corrected chi connectivity index (χ3v) is 6.70. The summed E-state index contributed by atoms with van der Waals surface area (Å²) in [5.74, 6) is -0.414. The van der Waals surface area contributed by atoms with Crippen LogP contribution in [0.1, 0.15) is 19.0 Å². The van der Waals surface area contributed by atoms with Crippen molar-refractivity contribution in [3.63, 3.8) is 0 Å². The van der Waals surface area contributed by atoms with Crippen LogP contribution in [0.3, 0.4) is 0 Å². The minimum Gasteiger partial charge on any atom is -0.301 e. The summed E-state index contributed by atoms with van der Waals surface area (Å²) in [5.41, 5.74) is 0.803. The van der Waals surface area contributed by atoms with Crippen LogP contribution in [-0.2, 0) is 14.8 Å². The van der Waals surface area contributed by atoms with Crippen LogP contribution in [0.15, 0.2) is 46.9 Å². The van der Waals surface area contributed by atoms with Crippen molar-refractivity contribution in [1.29, 1.82) is 0 Å². The smallest absolute Gasteiger partial charge is 0.244 e. The van der Waals surface area contributed by atoms with Crippen molar-refractivity contribution >= 4 is 43.2 Å². The van der Waals surface area contributed by atoms with Crippen LogP contribution in [0.5, 0.6) is 0 Å². The molecule has 0 aliphatic rings. The molecular formula is C18H20N4O3S2. The highest BCUT2D eigenvalue weighted by Crippen LogP contribution is 2.25. The molecule has 3 aromatic rings. The first-order valence-corrected chi connectivity index (χ1v) is 10.8. The summed E-state index contributed by atoms with van der Waals surface area (Å²) in [4.78, 5) is 20.8. The van der Waals surface area contributed by atoms with Gasteiger partial charge in [-0.1, -0.05) is 19.1 Å². The number of carbonyl (C=O) groups is 1. The fourth-order valence-electron chi connectivity index (χ4n) is 2.72. The van der Waals surface area contributed by atoms with Gasteiger partial charge in [0.15, 0.2) is 5.13 Å². The summed E-state index contributed by atoms with van der Waals surface area (Å²) in [6.07, 6.45) is 3.77. The van der Waals surface area contributed by atoms with Gasteiger partial charge in [-0.3, -0.25) is 9.78 Å². The van der Waals surface area contributed by atoms with Gasteiger partial charge in [0.2, 0.25) is 15.9 Å². The minimum atomic E-state index is -3.84. The molecule has 1 amide bonds. The number of aryl methyl sites for hydroxylation is 1. The molecular weight excluding hydrogens is 384 g/mol. The van der Waals surface area contributed by atoms with Gasteiger partial charge >= 0.3 is 0 Å². The molecule has 142 valence electrons. The molecule has 0 radical (unpaired) electrons. The quantitative estimate of drug-likeness (QED) is 0.653. The van der Waals surface area contributed by atoms with Gasteiger partial charge in [-0.2, -0.15) is 4.31 Å². The number of carbonyl (C=O) groups excluding carboxylic acids is 1. The number of hydrogen-bond acceptors (Lipinski definition) is 6. The number of rotatable bonds is 7. The van der Waals surface area contributed by atoms with E-state index in [-0.39, 0.29) is 18.0 Å². The van der Waals surface area contributed by atoms with Gasteiger partial charge in [0.1, 0.15) is 0 Å². The number of benzene rings is 1. The number of hydrogen-bond donors (Lipinski definition) is 1. The molecule has 2 aromatic heterocycles. The standard InChI is InChI=1S/C18H20N4O3S2/c1-3-9-22(11-17(23)21-18-20-13(2)12-26-18)27(24,25)16-6-4-5-14-10-19-8-7-15(14)16/h4-8,10,12H,3,9,11H2,1-2H3,(H,20,21,23). The Morgan fingerprint density at radius 3 is 2.81 bits per heavy atom. The molecule has 0 aliphatic heterocycles. The lowest BCUT2D eigenvalue weighted by atomic mass is 10.2. The predicted molar refractivity (Wildman–Crippen MR) is 106 cm³/mol. The third kappa shape index (κ3) is 4.32. The molecule has 27 heavy (non-hydrogen) atoms. The van der Waals surface area contributed by atoms with E-state index in [0.29, 0.717) is 16.9 Å². The van der Waals surface area contributed by atoms with Gasteiger partial charge < -0.3 is 5.32 Å². The van der Waals surface area contributed by atoms with E-state index >= 15 is 0 Å². The van der Waals surface area contributed by atoms with Gasteiger partial charge in [-0.05, 0) is 25.5 Å². The van der Waals surface area contributed by atoms with Gasteiger partial charge in [0.05, 0.1) is 17.1 Å². The van der Waals surface area contributed by atoms with Crippen molar-refractivity contribution in [2.45, 2.75) is 25.2 Å². The second-order valence-corrected chi connectivity index (χ2v) is 8.80. The first-order chi connectivity index (χ1) is 12.9. The zero-order valence-electron chi connectivity index (χ0n) is 15.0. The summed E-state index contributed by atoms with van der Waals surface area (Å²) in [5, 5.41) is 6.27. The van der Waals surface area contributed by atoms with Crippen LogP contribution < -0.4 is 5.32 Å². The Morgan fingerprint density at radius 2 is 2.11 bits per heavy atom. The molecule has 7 nitrogen and oxygen atoms in total. The van der Waals surface area contributed by atoms with Gasteiger partial charge in [0.25, 0.3) is 0 Å². The van der Waals surface area contributed by atoms with Crippen molar-refractivity contribution in [1.82, 2.24) is 14.3 Å². The number of pyridine rings is 1. The van der Waals surface area contributed by atoms with Crippen LogP contribution in [0.4, 0.5) is 5.13 Å². The van der Waals surface area contributed by atoms with Gasteiger partial charge in [-0.15, -0.1) is 11.3 Å². The number of aromatic nitrogens is 2. The normalized spacial score (nSPS) is 11.8. The lowest BCUT2D eigenvalue weighted by Gasteiger charge is -2.21. The zero-order chi connectivity index (χ0) is 19.4. The molecule has 0 saturated heterocycles. The average Bonchev–Trinajstić information content (AvgIpc) is 3.05. The van der Waals surface area contributed by atoms with Crippen molar-refractivity contribution in [3.8, 4) is 0 Å². The summed E-state index contributed by atoms with van der Waals surface area (Å²) in [7, 11) is -3.84. The highest BCUT2D eigenvalue weighted by atomic mass is 32.2. The molecule has 3 rings (SSSR count). The monoisotopic (exact) mass is 404 g/mol. The van der Waals surface area contributed by atoms with Crippen molar-refractivity contribution in [2.24, 2.45) is 0 Å². The number of nitrogens with zero attached hydrogens (tertiary/aromatic N) is 3. The Morgan fingerprint density at radius 1 is 1.30 bits per heavy atom. The average molecular weight is 405 g/mol. The maximum atomic E-state index is 13.2. The van der Waals surface area contributed by atoms with E-state index in [1.165, 1.54) is 15.6 Å². The molecule has 0 atom stereocenters. The molecule has 9 heteroatoms. The van der Waals surface area contributed by atoms with E-state index in [4.69, 9.17) is 0 Å². The second-order valence-electron chi connectivity index (χ2n) is 6.03. The first-order valence-electron chi connectivity index (χ1n) is 8.46. The van der Waals surface area contributed by atoms with Crippen molar-refractivity contribution in [2.75, 3.05) is 18.4 Å². The number of nitrogens with one attached hydrogen (secondary N) is 1. The molecule has 0 fully saturated rings. The van der Waals surface area contributed by atoms with Crippen LogP contribution in [0.2, 0.25) is 0 Å². The molecule has 1 N–H and O–H groups in total. The Bertz CT molecular complexity index is 1060. The van der Waals surface area contributed by atoms with Crippen molar-refractivity contribution < 1.29 is 13.2 Å². The van der Waals surface area contributed by atoms with Crippen molar-refractivity contribution in [3.05, 3.63) is 47.7 Å². The predicted octanol–water partition coefficient (Wildman–Crippen LogP) is 3.04. The van der Waals surface area contributed by atoms with Gasteiger partial charge in [0, 0.05) is 35.1 Å². The lowest BCUT2D eigenvalue weighted by molar-refractivity contribution is -0.116. The number of thiazole rings is 1. The maximum Gasteiger partial charge on any atom is 0.244 e. The van der Waals surface area contributed by atoms with E-state index in [0.717, 1.165) is 11.1 Å². The second kappa shape index (κ2) is 8.12. The first kappa shape index (κ1) is 19.4. The summed E-state index contributed by atoms with van der Waals surface area (Å²) in [6.45, 7) is 3.68. The van der Waals surface area contributed by atoms with Crippen LogP contribution >= 0.6 is 11.3 Å². The molecule has 0 spiro atoms. The molecule has 1 aromatic carbocycles. The van der Waals surface area contributed by atoms with Crippen LogP contribution in [0, 0.1) is 6.92 Å². The Hall–Kier alpha value is -2.36. The number of sulfonamides is 1. The fraction of sp³-hybridized carbons (Fsp3) is 0.278. The third-order valence-electron chi connectivity index (χ3n) is 3.92. The molecule has 0 saturated carbocycles. The summed E-state index contributed by atoms with van der Waals surface area (Å²) < 4.78 is 27.7. The summed E-state index contributed by atoms with van der Waals surface area (Å²) >= 11 is 1.31. The Kier molecular flexibility index (Phi) is 5.83. The highest BCUT2D eigenvalue weighted by molar-refractivity contribution is 7.89. The number of fused-ring (bicyclic) bond motifs is 1. The van der Waals surface area contributed by atoms with E-state index in [1.807, 2.05) is 25.3 Å². The molecule has 0 aliphatic carbocycles. The van der Waals surface area contributed by atoms with E-state index in [2.05, 4.69) is 15.3 Å². The largest absolute Gasteiger partial charge is 0.301 e. The summed E-state index contributed by atoms with van der Waals surface area (Å²) in [6, 6.07) is 6.72. The molecule has 0 unspecified atom stereocenters. The minimum absolute atomic E-state index is 0.175. The topological polar surface area (TPSA) is 92.3 Å². The Labute approximate surface area is 162 Å². The fourth-order valence-corrected chi connectivity index (χ4v) is 5.13. The Balaban J connectivity index is 1.89.